The summed E-state index contributed by atoms with van der Waals surface area (Å²) in [5.41, 5.74) is 5.94. The molecule has 0 fully saturated rings. The highest BCUT2D eigenvalue weighted by Crippen LogP contribution is 1.94. The summed E-state index contributed by atoms with van der Waals surface area (Å²) in [4.78, 5) is 3.76. The van der Waals surface area contributed by atoms with Crippen LogP contribution in [0.2, 0.25) is 0 Å². The molecule has 14 heavy (non-hydrogen) atoms. The van der Waals surface area contributed by atoms with Gasteiger partial charge in [0.25, 0.3) is 0 Å². The lowest BCUT2D eigenvalue weighted by atomic mass is 10.2. The van der Waals surface area contributed by atoms with Gasteiger partial charge in [0, 0.05) is 18.3 Å². The van der Waals surface area contributed by atoms with Crippen molar-refractivity contribution < 1.29 is 0 Å². The fraction of sp³-hybridized carbons (Fsp3) is 0.0909. The highest BCUT2D eigenvalue weighted by molar-refractivity contribution is 5.94. The van der Waals surface area contributed by atoms with E-state index >= 15 is 0 Å². The maximum absolute atomic E-state index is 7.05. The van der Waals surface area contributed by atoms with Crippen LogP contribution in [-0.2, 0) is 0 Å². The van der Waals surface area contributed by atoms with Crippen molar-refractivity contribution in [3.63, 3.8) is 0 Å². The van der Waals surface area contributed by atoms with E-state index in [2.05, 4.69) is 4.98 Å². The lowest BCUT2D eigenvalue weighted by molar-refractivity contribution is 1.34. The molecule has 0 aromatic carbocycles. The first-order valence-electron chi connectivity index (χ1n) is 4.36. The van der Waals surface area contributed by atoms with Gasteiger partial charge in [-0.15, -0.1) is 0 Å². The van der Waals surface area contributed by atoms with Gasteiger partial charge in [-0.25, -0.2) is 4.98 Å². The zero-order chi connectivity index (χ0) is 10.2. The first-order valence-corrected chi connectivity index (χ1v) is 4.36. The van der Waals surface area contributed by atoms with E-state index < -0.39 is 0 Å². The lowest BCUT2D eigenvalue weighted by Crippen LogP contribution is -1.89. The highest BCUT2D eigenvalue weighted by atomic mass is 14.8. The van der Waals surface area contributed by atoms with Gasteiger partial charge in [0.1, 0.15) is 5.82 Å². The molecule has 3 nitrogen and oxygen atoms in total. The first kappa shape index (κ1) is 10.2. The van der Waals surface area contributed by atoms with E-state index in [1.54, 1.807) is 18.3 Å². The summed E-state index contributed by atoms with van der Waals surface area (Å²) in [6, 6.07) is 5.43. The topological polar surface area (TPSA) is 62.8 Å². The van der Waals surface area contributed by atoms with Crippen molar-refractivity contribution in [3.8, 4) is 0 Å². The average molecular weight is 187 g/mol. The fourth-order valence-corrected chi connectivity index (χ4v) is 0.889. The molecule has 1 aliphatic carbocycles. The number of nitrogens with two attached hydrogens (primary N) is 1. The maximum Gasteiger partial charge on any atom is 0.123 e. The summed E-state index contributed by atoms with van der Waals surface area (Å²) in [5, 5.41) is 7.05. The minimum absolute atomic E-state index is 0.572. The van der Waals surface area contributed by atoms with Crippen molar-refractivity contribution in [3.05, 3.63) is 48.7 Å². The highest BCUT2D eigenvalue weighted by Gasteiger charge is 1.87. The van der Waals surface area contributed by atoms with E-state index in [0.717, 1.165) is 6.42 Å². The zero-order valence-electron chi connectivity index (χ0n) is 7.85. The van der Waals surface area contributed by atoms with Gasteiger partial charge in [0.15, 0.2) is 0 Å². The molecule has 0 saturated heterocycles. The van der Waals surface area contributed by atoms with Crippen LogP contribution in [0.5, 0.6) is 0 Å². The summed E-state index contributed by atoms with van der Waals surface area (Å²) in [7, 11) is 0. The molecular formula is C11H13N3. The van der Waals surface area contributed by atoms with Gasteiger partial charge >= 0.3 is 0 Å². The van der Waals surface area contributed by atoms with Gasteiger partial charge in [0.2, 0.25) is 0 Å². The SMILES string of the molecule is N=C1C=CC=CC1.Nc1ccccn1. The molecule has 0 radical (unpaired) electrons. The molecule has 0 amide bonds. The number of hydrogen-bond acceptors (Lipinski definition) is 3. The molecule has 1 aromatic heterocycles. The van der Waals surface area contributed by atoms with Gasteiger partial charge in [-0.05, 0) is 18.2 Å². The molecule has 1 aromatic rings. The van der Waals surface area contributed by atoms with Crippen LogP contribution in [0.25, 0.3) is 0 Å². The van der Waals surface area contributed by atoms with E-state index in [1.165, 1.54) is 0 Å². The average Bonchev–Trinajstić information content (AvgIpc) is 2.21. The van der Waals surface area contributed by atoms with Crippen LogP contribution in [0, 0.1) is 5.41 Å². The van der Waals surface area contributed by atoms with E-state index in [-0.39, 0.29) is 0 Å². The quantitative estimate of drug-likeness (QED) is 0.654. The van der Waals surface area contributed by atoms with E-state index in [4.69, 9.17) is 11.1 Å². The maximum atomic E-state index is 7.05. The van der Waals surface area contributed by atoms with Crippen LogP contribution in [-0.4, -0.2) is 10.7 Å². The third kappa shape index (κ3) is 4.21. The number of rotatable bonds is 0. The Bertz CT molecular complexity index is 339. The number of nitrogens with one attached hydrogen (secondary N) is 1. The Labute approximate surface area is 83.5 Å². The predicted molar refractivity (Wildman–Crippen MR) is 59.3 cm³/mol. The Balaban J connectivity index is 0.000000140. The van der Waals surface area contributed by atoms with E-state index in [1.807, 2.05) is 30.4 Å². The smallest absolute Gasteiger partial charge is 0.123 e. The molecule has 0 saturated carbocycles. The molecule has 0 unspecified atom stereocenters. The van der Waals surface area contributed by atoms with Gasteiger partial charge in [0.05, 0.1) is 0 Å². The number of nitrogens with zero attached hydrogens (tertiary/aromatic N) is 1. The number of nitrogen functional groups attached to an aromatic ring is 1. The molecule has 3 heteroatoms. The Morgan fingerprint density at radius 2 is 2.14 bits per heavy atom. The Kier molecular flexibility index (Phi) is 4.14. The van der Waals surface area contributed by atoms with Crippen molar-refractivity contribution in [2.45, 2.75) is 6.42 Å². The standard InChI is InChI=1S/C6H7N.C5H6N2/c7-6-4-2-1-3-5-6;6-5-3-1-2-4-7-5/h1-4,7H,5H2;1-4H,(H2,6,7). The van der Waals surface area contributed by atoms with E-state index in [9.17, 15) is 0 Å². The number of hydrogen-bond donors (Lipinski definition) is 2. The lowest BCUT2D eigenvalue weighted by Gasteiger charge is -1.92. The van der Waals surface area contributed by atoms with Crippen LogP contribution in [0.3, 0.4) is 0 Å². The minimum atomic E-state index is 0.572. The summed E-state index contributed by atoms with van der Waals surface area (Å²) < 4.78 is 0. The van der Waals surface area contributed by atoms with Gasteiger partial charge in [-0.2, -0.15) is 0 Å². The predicted octanol–water partition coefficient (Wildman–Crippen LogP) is 2.19. The van der Waals surface area contributed by atoms with E-state index in [0.29, 0.717) is 11.5 Å². The minimum Gasteiger partial charge on any atom is -0.384 e. The normalized spacial score (nSPS) is 13.3. The molecule has 0 spiro atoms. The van der Waals surface area contributed by atoms with Crippen molar-refractivity contribution in [2.75, 3.05) is 5.73 Å². The van der Waals surface area contributed by atoms with Gasteiger partial charge in [-0.1, -0.05) is 24.3 Å². The van der Waals surface area contributed by atoms with Crippen LogP contribution < -0.4 is 5.73 Å². The van der Waals surface area contributed by atoms with Crippen molar-refractivity contribution in [2.24, 2.45) is 0 Å². The third-order valence-corrected chi connectivity index (χ3v) is 1.57. The second-order valence-corrected chi connectivity index (χ2v) is 2.77. The summed E-state index contributed by atoms with van der Waals surface area (Å²) in [5.74, 6) is 0.572. The molecule has 0 atom stereocenters. The molecular weight excluding hydrogens is 174 g/mol. The van der Waals surface area contributed by atoms with Crippen LogP contribution >= 0.6 is 0 Å². The zero-order valence-corrected chi connectivity index (χ0v) is 7.85. The molecule has 1 heterocycles. The monoisotopic (exact) mass is 187 g/mol. The summed E-state index contributed by atoms with van der Waals surface area (Å²) in [6.07, 6.45) is 10.1. The molecule has 0 bridgehead atoms. The second-order valence-electron chi connectivity index (χ2n) is 2.77. The Morgan fingerprint density at radius 1 is 1.29 bits per heavy atom. The Morgan fingerprint density at radius 3 is 2.43 bits per heavy atom. The third-order valence-electron chi connectivity index (χ3n) is 1.57. The molecule has 3 N–H and O–H groups in total. The first-order chi connectivity index (χ1) is 6.79. The molecule has 2 rings (SSSR count). The number of anilines is 1. The molecule has 1 aliphatic rings. The number of aromatic nitrogens is 1. The Hall–Kier alpha value is -1.90. The fourth-order valence-electron chi connectivity index (χ4n) is 0.889. The van der Waals surface area contributed by atoms with Crippen LogP contribution in [0.1, 0.15) is 6.42 Å². The largest absolute Gasteiger partial charge is 0.384 e. The number of allylic oxidation sites excluding steroid dienone is 4. The summed E-state index contributed by atoms with van der Waals surface area (Å²) >= 11 is 0. The van der Waals surface area contributed by atoms with Crippen LogP contribution in [0.15, 0.2) is 48.7 Å². The number of pyridine rings is 1. The van der Waals surface area contributed by atoms with Crippen molar-refractivity contribution >= 4 is 11.5 Å². The molecule has 72 valence electrons. The summed E-state index contributed by atoms with van der Waals surface area (Å²) in [6.45, 7) is 0. The van der Waals surface area contributed by atoms with Gasteiger partial charge in [-0.3, -0.25) is 0 Å². The van der Waals surface area contributed by atoms with Crippen LogP contribution in [0.4, 0.5) is 5.82 Å². The van der Waals surface area contributed by atoms with Crippen molar-refractivity contribution in [1.29, 1.82) is 5.41 Å². The molecule has 0 aliphatic heterocycles. The van der Waals surface area contributed by atoms with Crippen molar-refractivity contribution in [1.82, 2.24) is 4.98 Å². The second kappa shape index (κ2) is 5.70. The van der Waals surface area contributed by atoms with Gasteiger partial charge < -0.3 is 11.1 Å².